The van der Waals surface area contributed by atoms with Gasteiger partial charge in [-0.25, -0.2) is 4.79 Å². The highest BCUT2D eigenvalue weighted by molar-refractivity contribution is 7.53. The van der Waals surface area contributed by atoms with Crippen LogP contribution >= 0.6 is 7.60 Å². The van der Waals surface area contributed by atoms with Gasteiger partial charge in [0.25, 0.3) is 0 Å². The normalized spacial score (nSPS) is 18.8. The van der Waals surface area contributed by atoms with Gasteiger partial charge >= 0.3 is 13.3 Å². The third-order valence-electron chi connectivity index (χ3n) is 8.45. The molecule has 2 aromatic rings. The maximum absolute atomic E-state index is 13.2. The van der Waals surface area contributed by atoms with Crippen molar-refractivity contribution in [3.8, 4) is 0 Å². The molecule has 11 heteroatoms. The highest BCUT2D eigenvalue weighted by atomic mass is 31.2. The summed E-state index contributed by atoms with van der Waals surface area (Å²) >= 11 is 0. The van der Waals surface area contributed by atoms with Gasteiger partial charge in [0.2, 0.25) is 0 Å². The number of anilines is 1. The lowest BCUT2D eigenvalue weighted by atomic mass is 10.0. The molecule has 0 saturated carbocycles. The Labute approximate surface area is 282 Å². The molecule has 1 saturated heterocycles. The third kappa shape index (κ3) is 17.8. The number of hydrogen-bond donors (Lipinski definition) is 1. The molecule has 1 aliphatic heterocycles. The largest absolute Gasteiger partial charge is 0.383 e. The molecule has 0 amide bonds. The molecule has 1 unspecified atom stereocenters. The Morgan fingerprint density at radius 3 is 2.09 bits per heavy atom. The Hall–Kier alpha value is -2.07. The fourth-order valence-electron chi connectivity index (χ4n) is 5.56. The van der Waals surface area contributed by atoms with Gasteiger partial charge in [0.1, 0.15) is 24.4 Å². The minimum atomic E-state index is -3.48. The van der Waals surface area contributed by atoms with Gasteiger partial charge in [-0.2, -0.15) is 4.98 Å². The molecule has 3 atom stereocenters. The van der Waals surface area contributed by atoms with Gasteiger partial charge in [-0.1, -0.05) is 134 Å². The molecular weight excluding hydrogens is 617 g/mol. The second-order valence-corrected chi connectivity index (χ2v) is 14.7. The number of hydrogen-bond acceptors (Lipinski definition) is 9. The number of aromatic nitrogens is 2. The van der Waals surface area contributed by atoms with Crippen LogP contribution in [0.3, 0.4) is 0 Å². The third-order valence-corrected chi connectivity index (χ3v) is 10.0. The van der Waals surface area contributed by atoms with Crippen LogP contribution in [-0.2, 0) is 41.0 Å². The van der Waals surface area contributed by atoms with E-state index in [2.05, 4.69) is 11.9 Å². The number of nitrogens with two attached hydrogens (primary N) is 1. The number of nitrogens with zero attached hydrogens (tertiary/aromatic N) is 2. The molecule has 0 radical (unpaired) electrons. The van der Waals surface area contributed by atoms with Crippen LogP contribution < -0.4 is 11.4 Å². The van der Waals surface area contributed by atoms with Gasteiger partial charge in [0.15, 0.2) is 0 Å². The monoisotopic (exact) mass is 677 g/mol. The highest BCUT2D eigenvalue weighted by Crippen LogP contribution is 2.51. The first-order valence-corrected chi connectivity index (χ1v) is 19.8. The fourth-order valence-corrected chi connectivity index (χ4v) is 6.96. The summed E-state index contributed by atoms with van der Waals surface area (Å²) in [5, 5.41) is 0. The van der Waals surface area contributed by atoms with Crippen LogP contribution in [0.4, 0.5) is 5.82 Å². The van der Waals surface area contributed by atoms with Crippen molar-refractivity contribution < 1.29 is 27.8 Å². The Balaban J connectivity index is 1.25. The minimum absolute atomic E-state index is 0.0272. The van der Waals surface area contributed by atoms with E-state index in [0.29, 0.717) is 19.8 Å². The van der Waals surface area contributed by atoms with Crippen LogP contribution in [0.5, 0.6) is 0 Å². The lowest BCUT2D eigenvalue weighted by Gasteiger charge is -2.30. The molecule has 1 fully saturated rings. The molecule has 2 heterocycles. The smallest absolute Gasteiger partial charge is 0.356 e. The average molecular weight is 678 g/mol. The van der Waals surface area contributed by atoms with Crippen molar-refractivity contribution in [1.82, 2.24) is 9.55 Å². The molecule has 0 bridgehead atoms. The lowest BCUT2D eigenvalue weighted by Crippen LogP contribution is -2.35. The zero-order valence-corrected chi connectivity index (χ0v) is 29.6. The van der Waals surface area contributed by atoms with E-state index in [0.717, 1.165) is 18.4 Å². The van der Waals surface area contributed by atoms with E-state index in [-0.39, 0.29) is 31.9 Å². The zero-order chi connectivity index (χ0) is 33.4. The predicted octanol–water partition coefficient (Wildman–Crippen LogP) is 8.27. The van der Waals surface area contributed by atoms with Gasteiger partial charge < -0.3 is 29.0 Å². The predicted molar refractivity (Wildman–Crippen MR) is 188 cm³/mol. The Morgan fingerprint density at radius 1 is 0.894 bits per heavy atom. The summed E-state index contributed by atoms with van der Waals surface area (Å²) in [6.07, 6.45) is 21.8. The van der Waals surface area contributed by atoms with Crippen molar-refractivity contribution in [3.63, 3.8) is 0 Å². The van der Waals surface area contributed by atoms with E-state index in [1.807, 2.05) is 30.3 Å². The summed E-state index contributed by atoms with van der Waals surface area (Å²) in [6, 6.07) is 11.4. The molecule has 1 aromatic carbocycles. The van der Waals surface area contributed by atoms with E-state index in [1.54, 1.807) is 6.20 Å². The number of nitrogen functional groups attached to an aromatic ring is 1. The molecule has 10 nitrogen and oxygen atoms in total. The van der Waals surface area contributed by atoms with Gasteiger partial charge in [-0.3, -0.25) is 9.13 Å². The Kier molecular flexibility index (Phi) is 20.2. The number of benzene rings is 1. The van der Waals surface area contributed by atoms with E-state index in [1.165, 1.54) is 101 Å². The van der Waals surface area contributed by atoms with Crippen molar-refractivity contribution in [2.45, 2.75) is 135 Å². The minimum Gasteiger partial charge on any atom is -0.383 e. The second kappa shape index (κ2) is 24.1. The van der Waals surface area contributed by atoms with Crippen molar-refractivity contribution in [2.24, 2.45) is 0 Å². The summed E-state index contributed by atoms with van der Waals surface area (Å²) in [4.78, 5) is 15.7. The first-order chi connectivity index (χ1) is 23.0. The quantitative estimate of drug-likeness (QED) is 0.0735. The van der Waals surface area contributed by atoms with Crippen molar-refractivity contribution >= 4 is 13.4 Å². The van der Waals surface area contributed by atoms with Crippen LogP contribution in [-0.4, -0.2) is 54.5 Å². The molecule has 3 rings (SSSR count). The number of rotatable bonds is 27. The van der Waals surface area contributed by atoms with E-state index in [4.69, 9.17) is 29.0 Å². The second-order valence-electron chi connectivity index (χ2n) is 12.7. The summed E-state index contributed by atoms with van der Waals surface area (Å²) in [7, 11) is -3.48. The maximum Gasteiger partial charge on any atom is 0.356 e. The lowest BCUT2D eigenvalue weighted by molar-refractivity contribution is -0.0575. The van der Waals surface area contributed by atoms with Crippen LogP contribution in [0.15, 0.2) is 47.4 Å². The zero-order valence-electron chi connectivity index (χ0n) is 28.7. The standard InChI is InChI=1S/C36H60N3O7P/c1-2-3-4-5-6-7-8-9-10-11-12-13-14-15-16-20-25-42-28-34(43-27-32-21-18-17-19-22-32)30-46-47(41)31-44-33(29-45-47)26-39-24-23-35(37)38-36(39)40/h17-19,21-24,33-34H,2-16,20,25-31H2,1H3,(H2,37,38,40)/t33-,34+,47?/m0/s1. The van der Waals surface area contributed by atoms with Gasteiger partial charge in [-0.05, 0) is 18.1 Å². The van der Waals surface area contributed by atoms with Crippen LogP contribution in [0.2, 0.25) is 0 Å². The molecule has 2 N–H and O–H groups in total. The van der Waals surface area contributed by atoms with Crippen LogP contribution in [0, 0.1) is 0 Å². The summed E-state index contributed by atoms with van der Waals surface area (Å²) in [5.41, 5.74) is 6.12. The van der Waals surface area contributed by atoms with Crippen LogP contribution in [0.25, 0.3) is 0 Å². The van der Waals surface area contributed by atoms with Gasteiger partial charge in [0, 0.05) is 12.8 Å². The molecule has 1 aromatic heterocycles. The SMILES string of the molecule is CCCCCCCCCCCCCCCCCCOC[C@H](COP1(=O)CO[C@@H](Cn2ccc(N)nc2=O)CO1)OCc1ccccc1. The van der Waals surface area contributed by atoms with E-state index in [9.17, 15) is 9.36 Å². The Bertz CT molecular complexity index is 1170. The number of unbranched alkanes of at least 4 members (excludes halogenated alkanes) is 15. The van der Waals surface area contributed by atoms with Crippen molar-refractivity contribution in [2.75, 3.05) is 38.5 Å². The molecule has 0 aliphatic carbocycles. The summed E-state index contributed by atoms with van der Waals surface area (Å²) in [5.74, 6) is 0.156. The van der Waals surface area contributed by atoms with Crippen molar-refractivity contribution in [3.05, 3.63) is 58.6 Å². The summed E-state index contributed by atoms with van der Waals surface area (Å²) in [6.45, 7) is 3.95. The summed E-state index contributed by atoms with van der Waals surface area (Å²) < 4.78 is 43.8. The topological polar surface area (TPSA) is 124 Å². The highest BCUT2D eigenvalue weighted by Gasteiger charge is 2.34. The molecule has 47 heavy (non-hydrogen) atoms. The van der Waals surface area contributed by atoms with E-state index < -0.39 is 25.5 Å². The molecule has 266 valence electrons. The maximum atomic E-state index is 13.2. The fraction of sp³-hybridized carbons (Fsp3) is 0.722. The van der Waals surface area contributed by atoms with Crippen molar-refractivity contribution in [1.29, 1.82) is 0 Å². The average Bonchev–Trinajstić information content (AvgIpc) is 3.08. The van der Waals surface area contributed by atoms with E-state index >= 15 is 0 Å². The molecule has 0 spiro atoms. The van der Waals surface area contributed by atoms with Gasteiger partial charge in [0.05, 0.1) is 33.0 Å². The molecule has 1 aliphatic rings. The Morgan fingerprint density at radius 2 is 1.51 bits per heavy atom. The molecular formula is C36H60N3O7P. The first kappa shape index (κ1) is 39.4. The van der Waals surface area contributed by atoms with Crippen LogP contribution in [0.1, 0.15) is 115 Å². The number of ether oxygens (including phenoxy) is 3. The van der Waals surface area contributed by atoms with Gasteiger partial charge in [-0.15, -0.1) is 0 Å². The first-order valence-electron chi connectivity index (χ1n) is 18.0.